The Bertz CT molecular complexity index is 500. The minimum atomic E-state index is -1.02. The highest BCUT2D eigenvalue weighted by atomic mass is 32.2. The van der Waals surface area contributed by atoms with Gasteiger partial charge < -0.3 is 14.9 Å². The van der Waals surface area contributed by atoms with Gasteiger partial charge in [-0.3, -0.25) is 4.79 Å². The normalized spacial score (nSPS) is 13.0. The number of thioether (sulfide) groups is 1. The van der Waals surface area contributed by atoms with Crippen LogP contribution in [0.5, 0.6) is 0 Å². The molecule has 1 aromatic heterocycles. The number of aryl methyl sites for hydroxylation is 2. The van der Waals surface area contributed by atoms with Gasteiger partial charge >= 0.3 is 5.97 Å². The monoisotopic (exact) mass is 314 g/mol. The lowest BCUT2D eigenvalue weighted by atomic mass is 9.87. The smallest absolute Gasteiger partial charge is 0.326 e. The van der Waals surface area contributed by atoms with Gasteiger partial charge in [0.25, 0.3) is 0 Å². The SMILES string of the molecule is Cc1noc(C)c1CSCC(=O)NC(C(=O)O)C(C)(C)C. The predicted octanol–water partition coefficient (Wildman–Crippen LogP) is 2.14. The average molecular weight is 314 g/mol. The molecule has 2 N–H and O–H groups in total. The lowest BCUT2D eigenvalue weighted by Gasteiger charge is -2.27. The lowest BCUT2D eigenvalue weighted by molar-refractivity contribution is -0.144. The standard InChI is InChI=1S/C14H22N2O4S/c1-8-10(9(2)20-16-8)6-21-7-11(17)15-12(13(18)19)14(3,4)5/h12H,6-7H2,1-5H3,(H,15,17)(H,18,19). The van der Waals surface area contributed by atoms with Gasteiger partial charge in [-0.1, -0.05) is 25.9 Å². The van der Waals surface area contributed by atoms with Crippen molar-refractivity contribution in [1.82, 2.24) is 10.5 Å². The van der Waals surface area contributed by atoms with Crippen molar-refractivity contribution in [2.24, 2.45) is 5.41 Å². The molecule has 0 aliphatic heterocycles. The molecule has 6 nitrogen and oxygen atoms in total. The number of nitrogens with one attached hydrogen (secondary N) is 1. The molecule has 1 aromatic rings. The largest absolute Gasteiger partial charge is 0.480 e. The van der Waals surface area contributed by atoms with E-state index >= 15 is 0 Å². The summed E-state index contributed by atoms with van der Waals surface area (Å²) < 4.78 is 5.05. The highest BCUT2D eigenvalue weighted by Crippen LogP contribution is 2.21. The molecule has 118 valence electrons. The molecular weight excluding hydrogens is 292 g/mol. The highest BCUT2D eigenvalue weighted by Gasteiger charge is 2.32. The van der Waals surface area contributed by atoms with Crippen LogP contribution < -0.4 is 5.32 Å². The number of amides is 1. The number of hydrogen-bond donors (Lipinski definition) is 2. The molecule has 0 saturated carbocycles. The van der Waals surface area contributed by atoms with Gasteiger partial charge in [0.1, 0.15) is 11.8 Å². The number of aromatic nitrogens is 1. The minimum Gasteiger partial charge on any atom is -0.480 e. The summed E-state index contributed by atoms with van der Waals surface area (Å²) in [6.07, 6.45) is 0. The van der Waals surface area contributed by atoms with Crippen molar-refractivity contribution in [3.8, 4) is 0 Å². The summed E-state index contributed by atoms with van der Waals surface area (Å²) in [6.45, 7) is 9.03. The van der Waals surface area contributed by atoms with E-state index in [1.165, 1.54) is 11.8 Å². The predicted molar refractivity (Wildman–Crippen MR) is 81.2 cm³/mol. The van der Waals surface area contributed by atoms with Gasteiger partial charge in [0, 0.05) is 11.3 Å². The zero-order chi connectivity index (χ0) is 16.2. The Morgan fingerprint density at radius 2 is 2.00 bits per heavy atom. The second-order valence-electron chi connectivity index (χ2n) is 6.00. The van der Waals surface area contributed by atoms with Crippen LogP contribution in [0.25, 0.3) is 0 Å². The Kier molecular flexibility index (Phi) is 5.83. The van der Waals surface area contributed by atoms with E-state index in [4.69, 9.17) is 9.63 Å². The number of carbonyl (C=O) groups excluding carboxylic acids is 1. The van der Waals surface area contributed by atoms with Crippen LogP contribution in [0.4, 0.5) is 0 Å². The molecule has 21 heavy (non-hydrogen) atoms. The van der Waals surface area contributed by atoms with Crippen LogP contribution in [0.3, 0.4) is 0 Å². The molecule has 1 amide bonds. The number of hydrogen-bond acceptors (Lipinski definition) is 5. The van der Waals surface area contributed by atoms with Crippen LogP contribution >= 0.6 is 11.8 Å². The van der Waals surface area contributed by atoms with E-state index in [9.17, 15) is 9.59 Å². The van der Waals surface area contributed by atoms with E-state index in [0.29, 0.717) is 5.75 Å². The van der Waals surface area contributed by atoms with Crippen molar-refractivity contribution in [2.45, 2.75) is 46.4 Å². The lowest BCUT2D eigenvalue weighted by Crippen LogP contribution is -2.49. The fourth-order valence-corrected chi connectivity index (χ4v) is 2.79. The Balaban J connectivity index is 2.49. The molecule has 0 aliphatic rings. The summed E-state index contributed by atoms with van der Waals surface area (Å²) in [6, 6.07) is -0.898. The molecule has 0 bridgehead atoms. The van der Waals surface area contributed by atoms with Crippen molar-refractivity contribution >= 4 is 23.6 Å². The van der Waals surface area contributed by atoms with Crippen molar-refractivity contribution in [1.29, 1.82) is 0 Å². The van der Waals surface area contributed by atoms with Crippen molar-refractivity contribution in [3.05, 3.63) is 17.0 Å². The molecule has 1 rings (SSSR count). The molecule has 0 fully saturated rings. The third-order valence-electron chi connectivity index (χ3n) is 3.08. The topological polar surface area (TPSA) is 92.4 Å². The Hall–Kier alpha value is -1.50. The summed E-state index contributed by atoms with van der Waals surface area (Å²) in [5, 5.41) is 15.6. The van der Waals surface area contributed by atoms with E-state index in [2.05, 4.69) is 10.5 Å². The fraction of sp³-hybridized carbons (Fsp3) is 0.643. The van der Waals surface area contributed by atoms with E-state index in [0.717, 1.165) is 17.0 Å². The number of carboxylic acid groups (broad SMARTS) is 1. The Morgan fingerprint density at radius 3 is 2.43 bits per heavy atom. The highest BCUT2D eigenvalue weighted by molar-refractivity contribution is 7.99. The van der Waals surface area contributed by atoms with Gasteiger partial charge in [-0.25, -0.2) is 4.79 Å². The number of nitrogens with zero attached hydrogens (tertiary/aromatic N) is 1. The quantitative estimate of drug-likeness (QED) is 0.835. The van der Waals surface area contributed by atoms with E-state index in [-0.39, 0.29) is 11.7 Å². The summed E-state index contributed by atoms with van der Waals surface area (Å²) >= 11 is 1.41. The van der Waals surface area contributed by atoms with Crippen LogP contribution in [-0.2, 0) is 15.3 Å². The van der Waals surface area contributed by atoms with Crippen LogP contribution in [0.15, 0.2) is 4.52 Å². The van der Waals surface area contributed by atoms with E-state index in [1.54, 1.807) is 20.8 Å². The summed E-state index contributed by atoms with van der Waals surface area (Å²) in [7, 11) is 0. The molecule has 1 unspecified atom stereocenters. The van der Waals surface area contributed by atoms with Crippen LogP contribution in [-0.4, -0.2) is 33.9 Å². The summed E-state index contributed by atoms with van der Waals surface area (Å²) in [5.41, 5.74) is 1.27. The first-order chi connectivity index (χ1) is 9.62. The molecule has 7 heteroatoms. The average Bonchev–Trinajstić information content (AvgIpc) is 2.65. The van der Waals surface area contributed by atoms with E-state index < -0.39 is 17.4 Å². The zero-order valence-corrected chi connectivity index (χ0v) is 13.8. The van der Waals surface area contributed by atoms with Crippen LogP contribution in [0.1, 0.15) is 37.8 Å². The maximum Gasteiger partial charge on any atom is 0.326 e. The van der Waals surface area contributed by atoms with Crippen molar-refractivity contribution in [3.63, 3.8) is 0 Å². The van der Waals surface area contributed by atoms with Crippen molar-refractivity contribution in [2.75, 3.05) is 5.75 Å². The van der Waals surface area contributed by atoms with Gasteiger partial charge in [-0.2, -0.15) is 0 Å². The van der Waals surface area contributed by atoms with Gasteiger partial charge in [0.15, 0.2) is 0 Å². The number of carboxylic acids is 1. The number of carbonyl (C=O) groups is 2. The molecular formula is C14H22N2O4S. The molecule has 0 saturated heterocycles. The number of rotatable bonds is 6. The van der Waals surface area contributed by atoms with Crippen LogP contribution in [0.2, 0.25) is 0 Å². The molecule has 0 spiro atoms. The fourth-order valence-electron chi connectivity index (χ4n) is 1.81. The summed E-state index contributed by atoms with van der Waals surface area (Å²) in [5.74, 6) is 0.255. The Morgan fingerprint density at radius 1 is 1.38 bits per heavy atom. The Labute approximate surface area is 128 Å². The van der Waals surface area contributed by atoms with Gasteiger partial charge in [-0.15, -0.1) is 11.8 Å². The first kappa shape index (κ1) is 17.6. The zero-order valence-electron chi connectivity index (χ0n) is 13.0. The maximum atomic E-state index is 11.9. The van der Waals surface area contributed by atoms with Gasteiger partial charge in [-0.05, 0) is 19.3 Å². The number of aliphatic carboxylic acids is 1. The molecule has 1 atom stereocenters. The molecule has 0 aliphatic carbocycles. The summed E-state index contributed by atoms with van der Waals surface area (Å²) in [4.78, 5) is 23.1. The van der Waals surface area contributed by atoms with Crippen molar-refractivity contribution < 1.29 is 19.2 Å². The third-order valence-corrected chi connectivity index (χ3v) is 4.04. The molecule has 1 heterocycles. The first-order valence-corrected chi connectivity index (χ1v) is 7.80. The minimum absolute atomic E-state index is 0.198. The second-order valence-corrected chi connectivity index (χ2v) is 6.99. The second kappa shape index (κ2) is 6.98. The third kappa shape index (κ3) is 5.08. The van der Waals surface area contributed by atoms with Gasteiger partial charge in [0.2, 0.25) is 5.91 Å². The van der Waals surface area contributed by atoms with Crippen LogP contribution in [0, 0.1) is 19.3 Å². The van der Waals surface area contributed by atoms with Gasteiger partial charge in [0.05, 0.1) is 11.4 Å². The molecule has 0 radical (unpaired) electrons. The maximum absolute atomic E-state index is 11.9. The first-order valence-electron chi connectivity index (χ1n) is 6.64. The molecule has 0 aromatic carbocycles. The van der Waals surface area contributed by atoms with E-state index in [1.807, 2.05) is 13.8 Å².